The molecule has 1 rings (SSSR count). The van der Waals surface area contributed by atoms with E-state index in [4.69, 9.17) is 9.47 Å². The second kappa shape index (κ2) is 8.40. The molecule has 3 nitrogen and oxygen atoms in total. The fraction of sp³-hybridized carbons (Fsp3) is 0.667. The molecule has 0 aromatic heterocycles. The molecule has 120 valence electrons. The number of benzene rings is 1. The van der Waals surface area contributed by atoms with Gasteiger partial charge in [-0.2, -0.15) is 0 Å². The average Bonchev–Trinajstić information content (AvgIpc) is 2.36. The summed E-state index contributed by atoms with van der Waals surface area (Å²) < 4.78 is 11.6. The van der Waals surface area contributed by atoms with Gasteiger partial charge in [0.15, 0.2) is 0 Å². The van der Waals surface area contributed by atoms with Crippen LogP contribution in [0.25, 0.3) is 0 Å². The zero-order chi connectivity index (χ0) is 15.9. The fourth-order valence-corrected chi connectivity index (χ4v) is 2.27. The number of ether oxygens (including phenoxy) is 2. The molecule has 0 fully saturated rings. The van der Waals surface area contributed by atoms with E-state index in [-0.39, 0.29) is 5.60 Å². The quantitative estimate of drug-likeness (QED) is 0.735. The summed E-state index contributed by atoms with van der Waals surface area (Å²) in [5.41, 5.74) is 3.59. The molecule has 0 saturated heterocycles. The lowest BCUT2D eigenvalue weighted by molar-refractivity contribution is -0.0164. The first-order valence-electron chi connectivity index (χ1n) is 7.91. The maximum absolute atomic E-state index is 5.90. The van der Waals surface area contributed by atoms with Gasteiger partial charge >= 0.3 is 0 Å². The average molecular weight is 293 g/mol. The van der Waals surface area contributed by atoms with Crippen LogP contribution in [-0.2, 0) is 11.3 Å². The lowest BCUT2D eigenvalue weighted by atomic mass is 10.1. The standard InChI is InChI=1S/C18H31NO2/c1-7-8-19-13-16-11-14(2)17(15(3)12-16)20-9-10-21-18(4,5)6/h11-12,19H,7-10,13H2,1-6H3. The first kappa shape index (κ1) is 18.0. The molecule has 0 radical (unpaired) electrons. The summed E-state index contributed by atoms with van der Waals surface area (Å²) in [6, 6.07) is 4.41. The summed E-state index contributed by atoms with van der Waals surface area (Å²) in [6.07, 6.45) is 1.16. The molecule has 1 aromatic rings. The van der Waals surface area contributed by atoms with Crippen LogP contribution < -0.4 is 10.1 Å². The highest BCUT2D eigenvalue weighted by Gasteiger charge is 2.10. The summed E-state index contributed by atoms with van der Waals surface area (Å²) in [5, 5.41) is 3.43. The van der Waals surface area contributed by atoms with Crippen molar-refractivity contribution in [2.75, 3.05) is 19.8 Å². The predicted octanol–water partition coefficient (Wildman–Crippen LogP) is 4.00. The summed E-state index contributed by atoms with van der Waals surface area (Å²) in [7, 11) is 0. The maximum Gasteiger partial charge on any atom is 0.125 e. The Hall–Kier alpha value is -1.06. The summed E-state index contributed by atoms with van der Waals surface area (Å²) in [6.45, 7) is 15.7. The molecule has 0 saturated carbocycles. The molecule has 0 aliphatic heterocycles. The van der Waals surface area contributed by atoms with E-state index >= 15 is 0 Å². The van der Waals surface area contributed by atoms with Crippen LogP contribution >= 0.6 is 0 Å². The fourth-order valence-electron chi connectivity index (χ4n) is 2.27. The molecule has 0 amide bonds. The largest absolute Gasteiger partial charge is 0.491 e. The minimum Gasteiger partial charge on any atom is -0.491 e. The van der Waals surface area contributed by atoms with E-state index in [1.54, 1.807) is 0 Å². The van der Waals surface area contributed by atoms with Crippen molar-refractivity contribution >= 4 is 0 Å². The predicted molar refractivity (Wildman–Crippen MR) is 89.1 cm³/mol. The van der Waals surface area contributed by atoms with Crippen LogP contribution in [-0.4, -0.2) is 25.4 Å². The van der Waals surface area contributed by atoms with Gasteiger partial charge in [-0.3, -0.25) is 0 Å². The van der Waals surface area contributed by atoms with Crippen LogP contribution in [0.1, 0.15) is 50.8 Å². The first-order chi connectivity index (χ1) is 9.83. The van der Waals surface area contributed by atoms with Gasteiger partial charge in [0.05, 0.1) is 12.2 Å². The van der Waals surface area contributed by atoms with E-state index in [0.717, 1.165) is 25.3 Å². The zero-order valence-corrected chi connectivity index (χ0v) is 14.5. The van der Waals surface area contributed by atoms with E-state index in [1.165, 1.54) is 16.7 Å². The van der Waals surface area contributed by atoms with Crippen LogP contribution in [0.2, 0.25) is 0 Å². The third-order valence-electron chi connectivity index (χ3n) is 3.14. The summed E-state index contributed by atoms with van der Waals surface area (Å²) in [5.74, 6) is 0.992. The van der Waals surface area contributed by atoms with E-state index in [9.17, 15) is 0 Å². The van der Waals surface area contributed by atoms with Crippen LogP contribution in [0.5, 0.6) is 5.75 Å². The Bertz CT molecular complexity index is 412. The van der Waals surface area contributed by atoms with Gasteiger partial charge in [-0.1, -0.05) is 19.1 Å². The van der Waals surface area contributed by atoms with Gasteiger partial charge in [-0.15, -0.1) is 0 Å². The van der Waals surface area contributed by atoms with E-state index in [2.05, 4.69) is 59.0 Å². The Labute approximate surface area is 130 Å². The third-order valence-corrected chi connectivity index (χ3v) is 3.14. The van der Waals surface area contributed by atoms with Crippen molar-refractivity contribution in [1.82, 2.24) is 5.32 Å². The monoisotopic (exact) mass is 293 g/mol. The van der Waals surface area contributed by atoms with Gasteiger partial charge in [0.2, 0.25) is 0 Å². The molecular weight excluding hydrogens is 262 g/mol. The molecule has 1 aromatic carbocycles. The topological polar surface area (TPSA) is 30.5 Å². The minimum atomic E-state index is -0.109. The van der Waals surface area contributed by atoms with Crippen LogP contribution in [0.15, 0.2) is 12.1 Å². The Morgan fingerprint density at radius 2 is 1.67 bits per heavy atom. The second-order valence-corrected chi connectivity index (χ2v) is 6.54. The number of hydrogen-bond donors (Lipinski definition) is 1. The van der Waals surface area contributed by atoms with Gasteiger partial charge in [0.25, 0.3) is 0 Å². The number of rotatable bonds is 8. The van der Waals surface area contributed by atoms with Crippen molar-refractivity contribution in [3.05, 3.63) is 28.8 Å². The molecular formula is C18H31NO2. The van der Waals surface area contributed by atoms with Crippen LogP contribution in [0, 0.1) is 13.8 Å². The number of aryl methyl sites for hydroxylation is 2. The highest BCUT2D eigenvalue weighted by molar-refractivity contribution is 5.43. The SMILES string of the molecule is CCCNCc1cc(C)c(OCCOC(C)(C)C)c(C)c1. The highest BCUT2D eigenvalue weighted by atomic mass is 16.5. The van der Waals surface area contributed by atoms with E-state index in [0.29, 0.717) is 13.2 Å². The van der Waals surface area contributed by atoms with Crippen molar-refractivity contribution in [2.45, 2.75) is 60.1 Å². The van der Waals surface area contributed by atoms with Crippen molar-refractivity contribution in [1.29, 1.82) is 0 Å². The van der Waals surface area contributed by atoms with E-state index in [1.807, 2.05) is 0 Å². The van der Waals surface area contributed by atoms with Crippen molar-refractivity contribution in [2.24, 2.45) is 0 Å². The summed E-state index contributed by atoms with van der Waals surface area (Å²) in [4.78, 5) is 0. The third kappa shape index (κ3) is 6.96. The Morgan fingerprint density at radius 3 is 2.19 bits per heavy atom. The molecule has 0 aliphatic carbocycles. The zero-order valence-electron chi connectivity index (χ0n) is 14.5. The lowest BCUT2D eigenvalue weighted by Gasteiger charge is -2.20. The first-order valence-corrected chi connectivity index (χ1v) is 7.91. The second-order valence-electron chi connectivity index (χ2n) is 6.54. The Kier molecular flexibility index (Phi) is 7.20. The molecule has 3 heteroatoms. The molecule has 0 bridgehead atoms. The van der Waals surface area contributed by atoms with Crippen molar-refractivity contribution in [3.63, 3.8) is 0 Å². The van der Waals surface area contributed by atoms with Gasteiger partial charge in [0, 0.05) is 6.54 Å². The van der Waals surface area contributed by atoms with Gasteiger partial charge in [-0.05, 0) is 64.3 Å². The van der Waals surface area contributed by atoms with Gasteiger partial charge in [-0.25, -0.2) is 0 Å². The Morgan fingerprint density at radius 1 is 1.05 bits per heavy atom. The molecule has 0 atom stereocenters. The molecule has 21 heavy (non-hydrogen) atoms. The van der Waals surface area contributed by atoms with Crippen LogP contribution in [0.4, 0.5) is 0 Å². The maximum atomic E-state index is 5.90. The normalized spacial score (nSPS) is 11.7. The van der Waals surface area contributed by atoms with Crippen molar-refractivity contribution in [3.8, 4) is 5.75 Å². The number of nitrogens with one attached hydrogen (secondary N) is 1. The molecule has 0 aliphatic rings. The van der Waals surface area contributed by atoms with Gasteiger partial charge < -0.3 is 14.8 Å². The lowest BCUT2D eigenvalue weighted by Crippen LogP contribution is -2.22. The van der Waals surface area contributed by atoms with E-state index < -0.39 is 0 Å². The molecule has 0 unspecified atom stereocenters. The molecule has 0 heterocycles. The highest BCUT2D eigenvalue weighted by Crippen LogP contribution is 2.25. The molecule has 1 N–H and O–H groups in total. The molecule has 0 spiro atoms. The number of hydrogen-bond acceptors (Lipinski definition) is 3. The van der Waals surface area contributed by atoms with Crippen LogP contribution in [0.3, 0.4) is 0 Å². The minimum absolute atomic E-state index is 0.109. The summed E-state index contributed by atoms with van der Waals surface area (Å²) >= 11 is 0. The van der Waals surface area contributed by atoms with Gasteiger partial charge in [0.1, 0.15) is 12.4 Å². The van der Waals surface area contributed by atoms with Crippen molar-refractivity contribution < 1.29 is 9.47 Å². The Balaban J connectivity index is 2.55. The smallest absolute Gasteiger partial charge is 0.125 e.